The highest BCUT2D eigenvalue weighted by atomic mass is 35.5. The zero-order valence-corrected chi connectivity index (χ0v) is 13.7. The van der Waals surface area contributed by atoms with E-state index in [1.54, 1.807) is 36.4 Å². The molecule has 3 rings (SSSR count). The normalized spacial score (nSPS) is 21.7. The number of aliphatic hydroxyl groups is 1. The van der Waals surface area contributed by atoms with Crippen molar-refractivity contribution in [3.8, 4) is 11.1 Å². The summed E-state index contributed by atoms with van der Waals surface area (Å²) in [5.41, 5.74) is -0.139. The van der Waals surface area contributed by atoms with Gasteiger partial charge in [0.05, 0.1) is 6.42 Å². The molecule has 2 atom stereocenters. The van der Waals surface area contributed by atoms with Gasteiger partial charge in [0, 0.05) is 16.1 Å². The molecule has 0 saturated carbocycles. The average Bonchev–Trinajstić information content (AvgIpc) is 2.78. The number of carboxylic acids is 1. The van der Waals surface area contributed by atoms with Gasteiger partial charge in [-0.2, -0.15) is 0 Å². The molecule has 2 aromatic rings. The third-order valence-electron chi connectivity index (χ3n) is 4.40. The van der Waals surface area contributed by atoms with Crippen LogP contribution in [0.25, 0.3) is 11.1 Å². The van der Waals surface area contributed by atoms with Gasteiger partial charge in [-0.3, -0.25) is 14.4 Å². The average molecular weight is 360 g/mol. The molecule has 0 heterocycles. The van der Waals surface area contributed by atoms with E-state index in [9.17, 15) is 19.5 Å². The number of aliphatic carboxylic acids is 1. The highest BCUT2D eigenvalue weighted by molar-refractivity contribution is 6.30. The van der Waals surface area contributed by atoms with Crippen LogP contribution in [0, 0.1) is 0 Å². The van der Waals surface area contributed by atoms with Crippen molar-refractivity contribution in [1.29, 1.82) is 0 Å². The second-order valence-electron chi connectivity index (χ2n) is 5.81. The smallest absolute Gasteiger partial charge is 0.306 e. The summed E-state index contributed by atoms with van der Waals surface area (Å²) in [5.74, 6) is -1.93. The molecule has 0 bridgehead atoms. The van der Waals surface area contributed by atoms with E-state index in [0.717, 1.165) is 0 Å². The molecule has 2 aromatic carbocycles. The molecule has 3 N–H and O–H groups in total. The number of fused-ring (bicyclic) bond motifs is 1. The molecule has 0 spiro atoms. The molecule has 128 valence electrons. The zero-order valence-electron chi connectivity index (χ0n) is 12.9. The van der Waals surface area contributed by atoms with E-state index in [1.807, 2.05) is 0 Å². The van der Waals surface area contributed by atoms with E-state index in [-0.39, 0.29) is 12.0 Å². The number of Topliss-reactive ketones (excluding diaryl/α,β-unsaturated/α-hetero) is 1. The Morgan fingerprint density at radius 2 is 1.84 bits per heavy atom. The number of hydrogen-bond donors (Lipinski definition) is 3. The van der Waals surface area contributed by atoms with Crippen molar-refractivity contribution in [1.82, 2.24) is 5.32 Å². The minimum atomic E-state index is -1.92. The van der Waals surface area contributed by atoms with Gasteiger partial charge in [-0.15, -0.1) is 0 Å². The summed E-state index contributed by atoms with van der Waals surface area (Å²) in [6.07, 6.45) is -1.97. The quantitative estimate of drug-likeness (QED) is 0.710. The van der Waals surface area contributed by atoms with Crippen LogP contribution < -0.4 is 5.32 Å². The second kappa shape index (κ2) is 6.31. The Labute approximate surface area is 148 Å². The van der Waals surface area contributed by atoms with Crippen LogP contribution in [0.15, 0.2) is 42.5 Å². The molecule has 0 fully saturated rings. The van der Waals surface area contributed by atoms with E-state index < -0.39 is 29.8 Å². The van der Waals surface area contributed by atoms with Crippen LogP contribution in [0.1, 0.15) is 28.4 Å². The van der Waals surface area contributed by atoms with Crippen LogP contribution in [-0.4, -0.2) is 33.9 Å². The number of benzene rings is 2. The molecule has 6 nitrogen and oxygen atoms in total. The Bertz CT molecular complexity index is 864. The lowest BCUT2D eigenvalue weighted by Gasteiger charge is -2.29. The fraction of sp³-hybridized carbons (Fsp3) is 0.167. The van der Waals surface area contributed by atoms with Crippen molar-refractivity contribution >= 4 is 29.8 Å². The minimum Gasteiger partial charge on any atom is -0.481 e. The summed E-state index contributed by atoms with van der Waals surface area (Å²) >= 11 is 5.89. The Morgan fingerprint density at radius 3 is 2.44 bits per heavy atom. The maximum absolute atomic E-state index is 12.8. The first kappa shape index (κ1) is 17.1. The number of halogens is 1. The minimum absolute atomic E-state index is 0.190. The summed E-state index contributed by atoms with van der Waals surface area (Å²) in [7, 11) is 0. The number of ketones is 1. The lowest BCUT2D eigenvalue weighted by atomic mass is 9.87. The lowest BCUT2D eigenvalue weighted by Crippen LogP contribution is -2.53. The van der Waals surface area contributed by atoms with E-state index in [2.05, 4.69) is 5.32 Å². The largest absolute Gasteiger partial charge is 0.481 e. The Hall–Kier alpha value is -2.70. The van der Waals surface area contributed by atoms with Crippen LogP contribution in [0.3, 0.4) is 0 Å². The number of carbonyl (C=O) groups is 3. The van der Waals surface area contributed by atoms with Crippen molar-refractivity contribution in [3.05, 3.63) is 58.6 Å². The number of rotatable bonds is 5. The van der Waals surface area contributed by atoms with Gasteiger partial charge in [-0.25, -0.2) is 0 Å². The standard InChI is InChI=1S/C18H14ClNO5/c19-11-6-4-10(5-7-11)12-2-1-3-13-15(12)17(25)18(16(13)24,20-9-21)8-14(22)23/h1-7,9,17,25H,8H2,(H,20,21)(H,22,23). The van der Waals surface area contributed by atoms with Crippen LogP contribution in [0.2, 0.25) is 5.02 Å². The maximum Gasteiger partial charge on any atom is 0.306 e. The zero-order chi connectivity index (χ0) is 18.2. The van der Waals surface area contributed by atoms with Crippen molar-refractivity contribution in [2.45, 2.75) is 18.1 Å². The third kappa shape index (κ3) is 2.69. The first-order valence-electron chi connectivity index (χ1n) is 7.45. The predicted molar refractivity (Wildman–Crippen MR) is 90.4 cm³/mol. The van der Waals surface area contributed by atoms with E-state index >= 15 is 0 Å². The van der Waals surface area contributed by atoms with Gasteiger partial charge in [0.2, 0.25) is 6.41 Å². The molecule has 7 heteroatoms. The lowest BCUT2D eigenvalue weighted by molar-refractivity contribution is -0.139. The first-order valence-corrected chi connectivity index (χ1v) is 7.83. The number of hydrogen-bond acceptors (Lipinski definition) is 4. The molecule has 2 unspecified atom stereocenters. The number of amides is 1. The molecule has 0 saturated heterocycles. The van der Waals surface area contributed by atoms with Gasteiger partial charge >= 0.3 is 5.97 Å². The molecule has 25 heavy (non-hydrogen) atoms. The van der Waals surface area contributed by atoms with Gasteiger partial charge in [0.1, 0.15) is 11.6 Å². The number of carboxylic acid groups (broad SMARTS) is 1. The van der Waals surface area contributed by atoms with Gasteiger partial charge in [-0.1, -0.05) is 41.9 Å². The molecular weight excluding hydrogens is 346 g/mol. The van der Waals surface area contributed by atoms with E-state index in [1.165, 1.54) is 6.07 Å². The van der Waals surface area contributed by atoms with Crippen LogP contribution >= 0.6 is 11.6 Å². The molecule has 0 radical (unpaired) electrons. The van der Waals surface area contributed by atoms with Gasteiger partial charge in [0.15, 0.2) is 5.78 Å². The SMILES string of the molecule is O=CNC1(CC(=O)O)C(=O)c2cccc(-c3ccc(Cl)cc3)c2C1O. The second-order valence-corrected chi connectivity index (χ2v) is 6.25. The molecule has 0 aliphatic heterocycles. The van der Waals surface area contributed by atoms with Crippen molar-refractivity contribution in [3.63, 3.8) is 0 Å². The Kier molecular flexibility index (Phi) is 4.32. The van der Waals surface area contributed by atoms with Crippen molar-refractivity contribution in [2.24, 2.45) is 0 Å². The van der Waals surface area contributed by atoms with Crippen molar-refractivity contribution in [2.75, 3.05) is 0 Å². The van der Waals surface area contributed by atoms with Gasteiger partial charge in [0.25, 0.3) is 0 Å². The Morgan fingerprint density at radius 1 is 1.20 bits per heavy atom. The molecule has 1 amide bonds. The van der Waals surface area contributed by atoms with Crippen LogP contribution in [0.5, 0.6) is 0 Å². The molecule has 0 aromatic heterocycles. The number of carbonyl (C=O) groups excluding carboxylic acids is 2. The topological polar surface area (TPSA) is 104 Å². The van der Waals surface area contributed by atoms with Crippen LogP contribution in [-0.2, 0) is 9.59 Å². The summed E-state index contributed by atoms with van der Waals surface area (Å²) in [4.78, 5) is 35.1. The van der Waals surface area contributed by atoms with E-state index in [4.69, 9.17) is 16.7 Å². The number of aliphatic hydroxyl groups excluding tert-OH is 1. The highest BCUT2D eigenvalue weighted by Crippen LogP contribution is 2.45. The highest BCUT2D eigenvalue weighted by Gasteiger charge is 2.54. The van der Waals surface area contributed by atoms with Crippen LogP contribution in [0.4, 0.5) is 0 Å². The first-order chi connectivity index (χ1) is 11.9. The van der Waals surface area contributed by atoms with E-state index in [0.29, 0.717) is 21.7 Å². The monoisotopic (exact) mass is 359 g/mol. The summed E-state index contributed by atoms with van der Waals surface area (Å²) in [6.45, 7) is 0. The summed E-state index contributed by atoms with van der Waals surface area (Å²) in [5, 5.41) is 22.7. The number of nitrogens with one attached hydrogen (secondary N) is 1. The van der Waals surface area contributed by atoms with Gasteiger partial charge in [-0.05, 0) is 23.3 Å². The predicted octanol–water partition coefficient (Wildman–Crippen LogP) is 2.20. The maximum atomic E-state index is 12.8. The third-order valence-corrected chi connectivity index (χ3v) is 4.65. The molecular formula is C18H14ClNO5. The van der Waals surface area contributed by atoms with Gasteiger partial charge < -0.3 is 15.5 Å². The molecule has 1 aliphatic carbocycles. The Balaban J connectivity index is 2.19. The van der Waals surface area contributed by atoms with Crippen molar-refractivity contribution < 1.29 is 24.6 Å². The summed E-state index contributed by atoms with van der Waals surface area (Å²) in [6, 6.07) is 11.7. The molecule has 1 aliphatic rings. The fourth-order valence-corrected chi connectivity index (χ4v) is 3.39. The summed E-state index contributed by atoms with van der Waals surface area (Å²) < 4.78 is 0. The fourth-order valence-electron chi connectivity index (χ4n) is 3.27.